The predicted molar refractivity (Wildman–Crippen MR) is 77.4 cm³/mol. The summed E-state index contributed by atoms with van der Waals surface area (Å²) in [5, 5.41) is 3.33. The van der Waals surface area contributed by atoms with Crippen LogP contribution < -0.4 is 10.0 Å². The van der Waals surface area contributed by atoms with Gasteiger partial charge in [-0.05, 0) is 37.9 Å². The molecule has 1 aliphatic heterocycles. The molecule has 18 heavy (non-hydrogen) atoms. The van der Waals surface area contributed by atoms with E-state index in [1.54, 1.807) is 6.07 Å². The lowest BCUT2D eigenvalue weighted by atomic mass is 10.2. The second kappa shape index (κ2) is 7.07. The Kier molecular flexibility index (Phi) is 6.37. The van der Waals surface area contributed by atoms with Crippen molar-refractivity contribution in [3.63, 3.8) is 0 Å². The molecule has 0 spiro atoms. The molecule has 2 N–H and O–H groups in total. The number of sulfonamides is 1. The lowest BCUT2D eigenvalue weighted by Gasteiger charge is -2.10. The molecule has 0 aliphatic carbocycles. The van der Waals surface area contributed by atoms with Crippen LogP contribution in [0.15, 0.2) is 16.3 Å². The van der Waals surface area contributed by atoms with E-state index in [9.17, 15) is 8.42 Å². The van der Waals surface area contributed by atoms with Gasteiger partial charge in [0.2, 0.25) is 10.0 Å². The molecule has 0 radical (unpaired) electrons. The molecule has 0 saturated carbocycles. The monoisotopic (exact) mass is 330 g/mol. The van der Waals surface area contributed by atoms with Gasteiger partial charge in [0.1, 0.15) is 4.21 Å². The van der Waals surface area contributed by atoms with E-state index in [1.807, 2.05) is 0 Å². The summed E-state index contributed by atoms with van der Waals surface area (Å²) in [4.78, 5) is 0. The van der Waals surface area contributed by atoms with Crippen molar-refractivity contribution >= 4 is 45.4 Å². The van der Waals surface area contributed by atoms with Gasteiger partial charge in [-0.2, -0.15) is 0 Å². The first-order valence-corrected chi connectivity index (χ1v) is 8.24. The van der Waals surface area contributed by atoms with Crippen LogP contribution in [0.1, 0.15) is 19.3 Å². The quantitative estimate of drug-likeness (QED) is 0.870. The topological polar surface area (TPSA) is 58.2 Å². The Hall–Kier alpha value is 0.150. The van der Waals surface area contributed by atoms with Crippen molar-refractivity contribution in [1.82, 2.24) is 10.0 Å². The van der Waals surface area contributed by atoms with Crippen LogP contribution >= 0.6 is 35.3 Å². The highest BCUT2D eigenvalue weighted by Gasteiger charge is 2.18. The summed E-state index contributed by atoms with van der Waals surface area (Å²) < 4.78 is 27.0. The molecule has 4 nitrogen and oxygen atoms in total. The molecule has 1 atom stereocenters. The molecule has 1 aromatic heterocycles. The van der Waals surface area contributed by atoms with Gasteiger partial charge in [-0.15, -0.1) is 23.7 Å². The maximum Gasteiger partial charge on any atom is 0.250 e. The zero-order valence-corrected chi connectivity index (χ0v) is 12.9. The molecule has 8 heteroatoms. The third kappa shape index (κ3) is 4.36. The van der Waals surface area contributed by atoms with E-state index in [-0.39, 0.29) is 16.6 Å². The van der Waals surface area contributed by atoms with Crippen molar-refractivity contribution in [3.05, 3.63) is 16.5 Å². The fourth-order valence-corrected chi connectivity index (χ4v) is 4.46. The molecule has 1 saturated heterocycles. The average Bonchev–Trinajstić information content (AvgIpc) is 2.89. The molecule has 0 amide bonds. The Bertz CT molecular complexity index is 470. The van der Waals surface area contributed by atoms with E-state index < -0.39 is 10.0 Å². The molecule has 2 heterocycles. The fraction of sp³-hybridized carbons (Fsp3) is 0.600. The molecular weight excluding hydrogens is 315 g/mol. The summed E-state index contributed by atoms with van der Waals surface area (Å²) in [5.41, 5.74) is 0. The molecule has 0 unspecified atom stereocenters. The number of rotatable bonds is 5. The van der Waals surface area contributed by atoms with E-state index in [1.165, 1.54) is 12.5 Å². The van der Waals surface area contributed by atoms with Crippen LogP contribution in [0.5, 0.6) is 0 Å². The summed E-state index contributed by atoms with van der Waals surface area (Å²) in [5.74, 6) is 0. The van der Waals surface area contributed by atoms with Gasteiger partial charge in [0.05, 0.1) is 4.34 Å². The first kappa shape index (κ1) is 16.2. The summed E-state index contributed by atoms with van der Waals surface area (Å²) in [6, 6.07) is 3.58. The Balaban J connectivity index is 0.00000162. The van der Waals surface area contributed by atoms with E-state index in [0.717, 1.165) is 30.7 Å². The van der Waals surface area contributed by atoms with Crippen LogP contribution in [0.3, 0.4) is 0 Å². The van der Waals surface area contributed by atoms with Gasteiger partial charge in [0.15, 0.2) is 0 Å². The highest BCUT2D eigenvalue weighted by atomic mass is 35.5. The highest BCUT2D eigenvalue weighted by Crippen LogP contribution is 2.25. The Labute approximate surface area is 123 Å². The number of hydrogen-bond acceptors (Lipinski definition) is 4. The van der Waals surface area contributed by atoms with Crippen molar-refractivity contribution < 1.29 is 8.42 Å². The summed E-state index contributed by atoms with van der Waals surface area (Å²) in [7, 11) is -3.37. The first-order valence-electron chi connectivity index (χ1n) is 5.56. The lowest BCUT2D eigenvalue weighted by molar-refractivity contribution is 0.540. The van der Waals surface area contributed by atoms with Gasteiger partial charge < -0.3 is 5.32 Å². The number of nitrogens with one attached hydrogen (secondary N) is 2. The van der Waals surface area contributed by atoms with Crippen LogP contribution in [-0.2, 0) is 10.0 Å². The van der Waals surface area contributed by atoms with E-state index in [4.69, 9.17) is 11.6 Å². The molecule has 0 aromatic carbocycles. The molecule has 104 valence electrons. The van der Waals surface area contributed by atoms with Crippen LogP contribution in [0.4, 0.5) is 0 Å². The van der Waals surface area contributed by atoms with Gasteiger partial charge >= 0.3 is 0 Å². The molecule has 0 bridgehead atoms. The van der Waals surface area contributed by atoms with Crippen LogP contribution in [-0.4, -0.2) is 27.5 Å². The molecule has 1 aliphatic rings. The Morgan fingerprint density at radius 2 is 2.28 bits per heavy atom. The van der Waals surface area contributed by atoms with Crippen molar-refractivity contribution in [3.8, 4) is 0 Å². The van der Waals surface area contributed by atoms with Crippen LogP contribution in [0.2, 0.25) is 4.34 Å². The summed E-state index contributed by atoms with van der Waals surface area (Å²) in [6.07, 6.45) is 3.14. The summed E-state index contributed by atoms with van der Waals surface area (Å²) >= 11 is 6.80. The minimum Gasteiger partial charge on any atom is -0.314 e. The van der Waals surface area contributed by atoms with Gasteiger partial charge in [0, 0.05) is 12.6 Å². The standard InChI is InChI=1S/C10H15ClN2O2S2.ClH/c11-9-3-4-10(16-9)17(14,15)13-7-5-8-2-1-6-12-8;/h3-4,8,12-13H,1-2,5-7H2;1H/t8-;/m1./s1. The molecule has 1 aromatic rings. The zero-order valence-electron chi connectivity index (χ0n) is 9.69. The van der Waals surface area contributed by atoms with Crippen LogP contribution in [0, 0.1) is 0 Å². The number of halogens is 2. The van der Waals surface area contributed by atoms with Gasteiger partial charge in [-0.3, -0.25) is 0 Å². The second-order valence-corrected chi connectivity index (χ2v) is 7.75. The second-order valence-electron chi connectivity index (χ2n) is 4.04. The van der Waals surface area contributed by atoms with Crippen molar-refractivity contribution in [1.29, 1.82) is 0 Å². The summed E-state index contributed by atoms with van der Waals surface area (Å²) in [6.45, 7) is 1.51. The van der Waals surface area contributed by atoms with Crippen molar-refractivity contribution in [2.24, 2.45) is 0 Å². The maximum atomic E-state index is 11.8. The largest absolute Gasteiger partial charge is 0.314 e. The highest BCUT2D eigenvalue weighted by molar-refractivity contribution is 7.91. The van der Waals surface area contributed by atoms with Gasteiger partial charge in [0.25, 0.3) is 0 Å². The third-order valence-corrected chi connectivity index (χ3v) is 5.94. The first-order chi connectivity index (χ1) is 8.08. The minimum absolute atomic E-state index is 0. The smallest absolute Gasteiger partial charge is 0.250 e. The molecule has 2 rings (SSSR count). The minimum atomic E-state index is -3.37. The number of hydrogen-bond donors (Lipinski definition) is 2. The Morgan fingerprint density at radius 1 is 1.50 bits per heavy atom. The Morgan fingerprint density at radius 3 is 2.83 bits per heavy atom. The number of thiophene rings is 1. The van der Waals surface area contributed by atoms with Gasteiger partial charge in [-0.25, -0.2) is 13.1 Å². The fourth-order valence-electron chi connectivity index (χ4n) is 1.88. The normalized spacial score (nSPS) is 19.7. The van der Waals surface area contributed by atoms with E-state index in [0.29, 0.717) is 16.9 Å². The van der Waals surface area contributed by atoms with E-state index in [2.05, 4.69) is 10.0 Å². The zero-order chi connectivity index (χ0) is 12.3. The maximum absolute atomic E-state index is 11.8. The molecule has 1 fully saturated rings. The SMILES string of the molecule is Cl.O=S(=O)(NCC[C@H]1CCCN1)c1ccc(Cl)s1. The van der Waals surface area contributed by atoms with Crippen molar-refractivity contribution in [2.75, 3.05) is 13.1 Å². The third-order valence-electron chi connectivity index (χ3n) is 2.76. The van der Waals surface area contributed by atoms with Crippen LogP contribution in [0.25, 0.3) is 0 Å². The van der Waals surface area contributed by atoms with Gasteiger partial charge in [-0.1, -0.05) is 11.6 Å². The van der Waals surface area contributed by atoms with Crippen molar-refractivity contribution in [2.45, 2.75) is 29.5 Å². The molecular formula is C10H16Cl2N2O2S2. The average molecular weight is 331 g/mol. The predicted octanol–water partition coefficient (Wildman–Crippen LogP) is 2.24. The van der Waals surface area contributed by atoms with E-state index >= 15 is 0 Å². The lowest BCUT2D eigenvalue weighted by Crippen LogP contribution is -2.30.